The zero-order chi connectivity index (χ0) is 18.9. The number of nitrogens with zero attached hydrogens (tertiary/aromatic N) is 2. The molecule has 0 spiro atoms. The highest BCUT2D eigenvalue weighted by Gasteiger charge is 2.30. The minimum Gasteiger partial charge on any atom is -0.347 e. The summed E-state index contributed by atoms with van der Waals surface area (Å²) in [5.41, 5.74) is -0.131. The van der Waals surface area contributed by atoms with E-state index in [-0.39, 0.29) is 30.2 Å². The molecule has 0 aliphatic heterocycles. The van der Waals surface area contributed by atoms with Crippen LogP contribution < -0.4 is 5.32 Å². The fourth-order valence-corrected chi connectivity index (χ4v) is 2.44. The molecule has 0 bridgehead atoms. The van der Waals surface area contributed by atoms with Gasteiger partial charge in [-0.05, 0) is 18.3 Å². The summed E-state index contributed by atoms with van der Waals surface area (Å²) in [5.74, 6) is -1.02. The van der Waals surface area contributed by atoms with Crippen molar-refractivity contribution in [3.63, 3.8) is 0 Å². The molecular weight excluding hydrogens is 310 g/mol. The van der Waals surface area contributed by atoms with Crippen LogP contribution in [0.5, 0.6) is 0 Å². The van der Waals surface area contributed by atoms with Crippen LogP contribution in [0, 0.1) is 11.3 Å². The smallest absolute Gasteiger partial charge is 0.244 e. The Labute approximate surface area is 145 Å². The van der Waals surface area contributed by atoms with Gasteiger partial charge in [-0.1, -0.05) is 40.5 Å². The van der Waals surface area contributed by atoms with Crippen LogP contribution in [0.25, 0.3) is 0 Å². The maximum atomic E-state index is 12.6. The van der Waals surface area contributed by atoms with Gasteiger partial charge in [0.15, 0.2) is 0 Å². The molecule has 7 nitrogen and oxygen atoms in total. The third-order valence-corrected chi connectivity index (χ3v) is 3.68. The Morgan fingerprint density at radius 1 is 1.25 bits per heavy atom. The number of rotatable bonds is 10. The van der Waals surface area contributed by atoms with E-state index in [4.69, 9.17) is 0 Å². The monoisotopic (exact) mass is 343 g/mol. The molecule has 0 aliphatic carbocycles. The summed E-state index contributed by atoms with van der Waals surface area (Å²) in [6, 6.07) is -0.625. The molecule has 0 aromatic rings. The third-order valence-electron chi connectivity index (χ3n) is 3.68. The van der Waals surface area contributed by atoms with Crippen molar-refractivity contribution in [2.75, 3.05) is 20.6 Å². The van der Waals surface area contributed by atoms with Crippen LogP contribution in [0.3, 0.4) is 0 Å². The van der Waals surface area contributed by atoms with Gasteiger partial charge >= 0.3 is 0 Å². The lowest BCUT2D eigenvalue weighted by atomic mass is 9.87. The summed E-state index contributed by atoms with van der Waals surface area (Å²) in [6.07, 6.45) is 3.04. The third kappa shape index (κ3) is 8.86. The maximum absolute atomic E-state index is 12.6. The van der Waals surface area contributed by atoms with Gasteiger partial charge in [-0.2, -0.15) is 0 Å². The second-order valence-electron chi connectivity index (χ2n) is 7.63. The Bertz CT molecular complexity index is 419. The molecule has 0 saturated heterocycles. The van der Waals surface area contributed by atoms with Crippen molar-refractivity contribution in [1.29, 1.82) is 0 Å². The van der Waals surface area contributed by atoms with Crippen LogP contribution in [0.2, 0.25) is 0 Å². The van der Waals surface area contributed by atoms with E-state index < -0.39 is 12.0 Å². The SMILES string of the molecule is CCCC[C@H](CN(O)C=O)C(=O)N[C@H](CC(C)(C)C)C(=O)N(C)C. The molecule has 0 radical (unpaired) electrons. The second kappa shape index (κ2) is 10.3. The van der Waals surface area contributed by atoms with Crippen LogP contribution in [0.15, 0.2) is 0 Å². The van der Waals surface area contributed by atoms with Crippen LogP contribution in [0.4, 0.5) is 0 Å². The Morgan fingerprint density at radius 3 is 2.25 bits per heavy atom. The van der Waals surface area contributed by atoms with Crippen LogP contribution >= 0.6 is 0 Å². The minimum atomic E-state index is -0.625. The van der Waals surface area contributed by atoms with Gasteiger partial charge < -0.3 is 10.2 Å². The summed E-state index contributed by atoms with van der Waals surface area (Å²) in [7, 11) is 3.31. The number of amides is 3. The first-order valence-electron chi connectivity index (χ1n) is 8.44. The van der Waals surface area contributed by atoms with Gasteiger partial charge in [-0.15, -0.1) is 0 Å². The summed E-state index contributed by atoms with van der Waals surface area (Å²) in [6.45, 7) is 7.94. The van der Waals surface area contributed by atoms with E-state index in [9.17, 15) is 19.6 Å². The van der Waals surface area contributed by atoms with Crippen molar-refractivity contribution in [2.45, 2.75) is 59.4 Å². The molecule has 0 aromatic heterocycles. The number of carbonyl (C=O) groups is 3. The highest BCUT2D eigenvalue weighted by molar-refractivity contribution is 5.88. The molecule has 0 saturated carbocycles. The Morgan fingerprint density at radius 2 is 1.83 bits per heavy atom. The van der Waals surface area contributed by atoms with E-state index >= 15 is 0 Å². The van der Waals surface area contributed by atoms with Crippen molar-refractivity contribution in [2.24, 2.45) is 11.3 Å². The Balaban J connectivity index is 5.12. The van der Waals surface area contributed by atoms with Crippen molar-refractivity contribution in [1.82, 2.24) is 15.3 Å². The maximum Gasteiger partial charge on any atom is 0.244 e. The molecule has 0 unspecified atom stereocenters. The van der Waals surface area contributed by atoms with E-state index in [0.29, 0.717) is 17.9 Å². The topological polar surface area (TPSA) is 90.0 Å². The molecule has 0 rings (SSSR count). The fourth-order valence-electron chi connectivity index (χ4n) is 2.44. The molecule has 3 amide bonds. The fraction of sp³-hybridized carbons (Fsp3) is 0.824. The first-order chi connectivity index (χ1) is 11.0. The van der Waals surface area contributed by atoms with Crippen molar-refractivity contribution in [3.8, 4) is 0 Å². The highest BCUT2D eigenvalue weighted by Crippen LogP contribution is 2.22. The molecule has 0 fully saturated rings. The Kier molecular flexibility index (Phi) is 9.58. The molecular formula is C17H33N3O4. The van der Waals surface area contributed by atoms with Crippen molar-refractivity contribution < 1.29 is 19.6 Å². The Hall–Kier alpha value is -1.63. The zero-order valence-corrected chi connectivity index (χ0v) is 15.8. The molecule has 140 valence electrons. The van der Waals surface area contributed by atoms with E-state index in [1.807, 2.05) is 27.7 Å². The van der Waals surface area contributed by atoms with Crippen molar-refractivity contribution >= 4 is 18.2 Å². The van der Waals surface area contributed by atoms with E-state index in [1.165, 1.54) is 4.90 Å². The molecule has 24 heavy (non-hydrogen) atoms. The number of nitrogens with one attached hydrogen (secondary N) is 1. The van der Waals surface area contributed by atoms with E-state index in [0.717, 1.165) is 12.8 Å². The lowest BCUT2D eigenvalue weighted by molar-refractivity contribution is -0.155. The highest BCUT2D eigenvalue weighted by atomic mass is 16.5. The molecule has 0 heterocycles. The van der Waals surface area contributed by atoms with Gasteiger partial charge in [0.1, 0.15) is 6.04 Å². The number of hydrogen-bond donors (Lipinski definition) is 2. The lowest BCUT2D eigenvalue weighted by Gasteiger charge is -2.29. The molecule has 7 heteroatoms. The zero-order valence-electron chi connectivity index (χ0n) is 15.8. The van der Waals surface area contributed by atoms with Crippen molar-refractivity contribution in [3.05, 3.63) is 0 Å². The largest absolute Gasteiger partial charge is 0.347 e. The second-order valence-corrected chi connectivity index (χ2v) is 7.63. The molecule has 2 N–H and O–H groups in total. The molecule has 2 atom stereocenters. The summed E-state index contributed by atoms with van der Waals surface area (Å²) in [4.78, 5) is 37.0. The van der Waals surface area contributed by atoms with Crippen LogP contribution in [-0.4, -0.2) is 60.1 Å². The van der Waals surface area contributed by atoms with Crippen LogP contribution in [0.1, 0.15) is 53.4 Å². The predicted octanol–water partition coefficient (Wildman–Crippen LogP) is 1.65. The van der Waals surface area contributed by atoms with Gasteiger partial charge in [0, 0.05) is 14.1 Å². The number of hydrogen-bond acceptors (Lipinski definition) is 4. The minimum absolute atomic E-state index is 0.0757. The number of carbonyl (C=O) groups excluding carboxylic acids is 3. The number of likely N-dealkylation sites (N-methyl/N-ethyl adjacent to an activating group) is 1. The van der Waals surface area contributed by atoms with Gasteiger partial charge in [-0.25, -0.2) is 5.06 Å². The normalized spacial score (nSPS) is 13.8. The summed E-state index contributed by atoms with van der Waals surface area (Å²) in [5, 5.41) is 12.7. The molecule has 0 aromatic carbocycles. The first-order valence-corrected chi connectivity index (χ1v) is 8.44. The number of hydroxylamine groups is 2. The van der Waals surface area contributed by atoms with Gasteiger partial charge in [0.25, 0.3) is 0 Å². The average Bonchev–Trinajstić information content (AvgIpc) is 2.47. The number of unbranched alkanes of at least 4 members (excludes halogenated alkanes) is 1. The first kappa shape index (κ1) is 22.4. The van der Waals surface area contributed by atoms with Crippen LogP contribution in [-0.2, 0) is 14.4 Å². The predicted molar refractivity (Wildman–Crippen MR) is 92.3 cm³/mol. The van der Waals surface area contributed by atoms with Gasteiger partial charge in [0.2, 0.25) is 18.2 Å². The lowest BCUT2D eigenvalue weighted by Crippen LogP contribution is -2.50. The van der Waals surface area contributed by atoms with E-state index in [2.05, 4.69) is 5.32 Å². The van der Waals surface area contributed by atoms with Gasteiger partial charge in [-0.3, -0.25) is 19.6 Å². The average molecular weight is 343 g/mol. The van der Waals surface area contributed by atoms with E-state index in [1.54, 1.807) is 14.1 Å². The standard InChI is InChI=1S/C17H33N3O4/c1-7-8-9-13(11-20(24)12-21)15(22)18-14(10-17(2,3)4)16(23)19(5)6/h12-14,24H,7-11H2,1-6H3,(H,18,22)/t13-,14-/m1/s1. The summed E-state index contributed by atoms with van der Waals surface area (Å²) >= 11 is 0. The quantitative estimate of drug-likeness (QED) is 0.358. The molecule has 0 aliphatic rings. The van der Waals surface area contributed by atoms with Gasteiger partial charge in [0.05, 0.1) is 12.5 Å². The summed E-state index contributed by atoms with van der Waals surface area (Å²) < 4.78 is 0.